The van der Waals surface area contributed by atoms with Crippen LogP contribution in [0.4, 0.5) is 5.69 Å². The van der Waals surface area contributed by atoms with Crippen LogP contribution in [-0.2, 0) is 0 Å². The fraction of sp³-hybridized carbons (Fsp3) is 0.0714. The first-order valence-electron chi connectivity index (χ1n) is 6.12. The van der Waals surface area contributed by atoms with E-state index in [9.17, 15) is 4.79 Å². The molecule has 0 fully saturated rings. The van der Waals surface area contributed by atoms with E-state index < -0.39 is 7.12 Å². The molecule has 0 aromatic heterocycles. The van der Waals surface area contributed by atoms with Crippen molar-refractivity contribution in [3.63, 3.8) is 0 Å². The number of hydrogen-bond donors (Lipinski definition) is 3. The number of nitrogens with one attached hydrogen (secondary N) is 1. The highest BCUT2D eigenvalue weighted by Crippen LogP contribution is 2.23. The standard InChI is InChI=1S/C14H12BCl2NO3/c1-8-11(16)3-2-4-13(8)18-14(19)9-5-6-10(15(20)21)12(17)7-9/h2-7,20-21H,1H3,(H,18,19). The van der Waals surface area contributed by atoms with Crippen molar-refractivity contribution in [1.82, 2.24) is 0 Å². The average molecular weight is 324 g/mol. The lowest BCUT2D eigenvalue weighted by Gasteiger charge is -2.10. The number of rotatable bonds is 3. The highest BCUT2D eigenvalue weighted by Gasteiger charge is 2.17. The molecule has 0 bridgehead atoms. The summed E-state index contributed by atoms with van der Waals surface area (Å²) in [4.78, 5) is 12.2. The molecule has 2 rings (SSSR count). The molecule has 0 radical (unpaired) electrons. The van der Waals surface area contributed by atoms with Gasteiger partial charge in [0.2, 0.25) is 0 Å². The normalized spacial score (nSPS) is 10.3. The molecular formula is C14H12BCl2NO3. The number of halogens is 2. The minimum absolute atomic E-state index is 0.112. The van der Waals surface area contributed by atoms with Gasteiger partial charge >= 0.3 is 7.12 Å². The van der Waals surface area contributed by atoms with E-state index in [2.05, 4.69) is 5.32 Å². The molecule has 3 N–H and O–H groups in total. The molecule has 0 heterocycles. The fourth-order valence-corrected chi connectivity index (χ4v) is 2.27. The van der Waals surface area contributed by atoms with E-state index in [0.717, 1.165) is 5.56 Å². The number of carbonyl (C=O) groups is 1. The van der Waals surface area contributed by atoms with Gasteiger partial charge in [0.05, 0.1) is 0 Å². The van der Waals surface area contributed by atoms with Crippen molar-refractivity contribution in [1.29, 1.82) is 0 Å². The third kappa shape index (κ3) is 3.57. The van der Waals surface area contributed by atoms with E-state index in [1.807, 2.05) is 0 Å². The van der Waals surface area contributed by atoms with Gasteiger partial charge in [-0.15, -0.1) is 0 Å². The van der Waals surface area contributed by atoms with Crippen molar-refractivity contribution in [2.45, 2.75) is 6.92 Å². The van der Waals surface area contributed by atoms with Crippen LogP contribution in [0.25, 0.3) is 0 Å². The summed E-state index contributed by atoms with van der Waals surface area (Å²) in [5, 5.41) is 21.6. The van der Waals surface area contributed by atoms with E-state index in [-0.39, 0.29) is 16.4 Å². The summed E-state index contributed by atoms with van der Waals surface area (Å²) in [6.07, 6.45) is 0. The van der Waals surface area contributed by atoms with Gasteiger partial charge in [-0.1, -0.05) is 35.3 Å². The molecule has 7 heteroatoms. The van der Waals surface area contributed by atoms with Crippen LogP contribution in [-0.4, -0.2) is 23.1 Å². The zero-order valence-electron chi connectivity index (χ0n) is 11.1. The van der Waals surface area contributed by atoms with Crippen LogP contribution >= 0.6 is 23.2 Å². The van der Waals surface area contributed by atoms with E-state index in [0.29, 0.717) is 16.3 Å². The molecule has 0 aliphatic rings. The second-order valence-corrected chi connectivity index (χ2v) is 5.29. The Balaban J connectivity index is 2.25. The Bertz CT molecular complexity index is 692. The Hall–Kier alpha value is -1.53. The van der Waals surface area contributed by atoms with Crippen molar-refractivity contribution >= 4 is 47.4 Å². The summed E-state index contributed by atoms with van der Waals surface area (Å²) in [6, 6.07) is 9.46. The Morgan fingerprint density at radius 2 is 1.86 bits per heavy atom. The van der Waals surface area contributed by atoms with Crippen molar-refractivity contribution < 1.29 is 14.8 Å². The molecule has 108 valence electrons. The first-order valence-corrected chi connectivity index (χ1v) is 6.88. The van der Waals surface area contributed by atoms with Crippen molar-refractivity contribution in [3.8, 4) is 0 Å². The summed E-state index contributed by atoms with van der Waals surface area (Å²) in [5.74, 6) is -0.360. The lowest BCUT2D eigenvalue weighted by molar-refractivity contribution is 0.102. The second-order valence-electron chi connectivity index (χ2n) is 4.48. The summed E-state index contributed by atoms with van der Waals surface area (Å²) in [5.41, 5.74) is 1.83. The molecule has 2 aromatic rings. The molecule has 0 unspecified atom stereocenters. The number of hydrogen-bond acceptors (Lipinski definition) is 3. The van der Waals surface area contributed by atoms with Gasteiger partial charge in [0.15, 0.2) is 0 Å². The number of anilines is 1. The maximum Gasteiger partial charge on any atom is 0.489 e. The fourth-order valence-electron chi connectivity index (χ4n) is 1.82. The van der Waals surface area contributed by atoms with Gasteiger partial charge in [-0.3, -0.25) is 4.79 Å². The lowest BCUT2D eigenvalue weighted by atomic mass is 9.80. The van der Waals surface area contributed by atoms with Gasteiger partial charge in [-0.25, -0.2) is 0 Å². The van der Waals surface area contributed by atoms with Gasteiger partial charge < -0.3 is 15.4 Å². The summed E-state index contributed by atoms with van der Waals surface area (Å²) in [7, 11) is -1.68. The van der Waals surface area contributed by atoms with Crippen LogP contribution in [0.5, 0.6) is 0 Å². The van der Waals surface area contributed by atoms with E-state index >= 15 is 0 Å². The summed E-state index contributed by atoms with van der Waals surface area (Å²) < 4.78 is 0. The topological polar surface area (TPSA) is 69.6 Å². The molecule has 21 heavy (non-hydrogen) atoms. The molecule has 2 aromatic carbocycles. The van der Waals surface area contributed by atoms with Crippen molar-refractivity contribution in [2.75, 3.05) is 5.32 Å². The zero-order valence-corrected chi connectivity index (χ0v) is 12.6. The van der Waals surface area contributed by atoms with Gasteiger partial charge in [-0.2, -0.15) is 0 Å². The van der Waals surface area contributed by atoms with Gasteiger partial charge in [0.25, 0.3) is 5.91 Å². The zero-order chi connectivity index (χ0) is 15.6. The Kier molecular flexibility index (Phi) is 4.90. The highest BCUT2D eigenvalue weighted by atomic mass is 35.5. The summed E-state index contributed by atoms with van der Waals surface area (Å²) in [6.45, 7) is 1.80. The first-order chi connectivity index (χ1) is 9.90. The van der Waals surface area contributed by atoms with Crippen molar-refractivity contribution in [3.05, 3.63) is 57.6 Å². The highest BCUT2D eigenvalue weighted by molar-refractivity contribution is 6.62. The maximum absolute atomic E-state index is 12.2. The molecule has 0 saturated heterocycles. The number of benzene rings is 2. The van der Waals surface area contributed by atoms with Crippen LogP contribution < -0.4 is 10.8 Å². The molecule has 4 nitrogen and oxygen atoms in total. The average Bonchev–Trinajstić information content (AvgIpc) is 2.43. The molecule has 0 aliphatic carbocycles. The minimum Gasteiger partial charge on any atom is -0.423 e. The summed E-state index contributed by atoms with van der Waals surface area (Å²) >= 11 is 11.9. The van der Waals surface area contributed by atoms with Crippen LogP contribution in [0.3, 0.4) is 0 Å². The third-order valence-electron chi connectivity index (χ3n) is 3.06. The van der Waals surface area contributed by atoms with Gasteiger partial charge in [0.1, 0.15) is 0 Å². The monoisotopic (exact) mass is 323 g/mol. The largest absolute Gasteiger partial charge is 0.489 e. The van der Waals surface area contributed by atoms with E-state index in [4.69, 9.17) is 33.2 Å². The van der Waals surface area contributed by atoms with Crippen LogP contribution in [0.1, 0.15) is 15.9 Å². The Morgan fingerprint density at radius 1 is 1.14 bits per heavy atom. The molecular weight excluding hydrogens is 312 g/mol. The predicted octanol–water partition coefficient (Wildman–Crippen LogP) is 2.23. The van der Waals surface area contributed by atoms with E-state index in [1.54, 1.807) is 25.1 Å². The molecule has 0 spiro atoms. The SMILES string of the molecule is Cc1c(Cl)cccc1NC(=O)c1ccc(B(O)O)c(Cl)c1. The number of amides is 1. The second kappa shape index (κ2) is 6.49. The van der Waals surface area contributed by atoms with Crippen LogP contribution in [0.2, 0.25) is 10.0 Å². The lowest BCUT2D eigenvalue weighted by Crippen LogP contribution is -2.31. The quantitative estimate of drug-likeness (QED) is 0.759. The Labute approximate surface area is 132 Å². The maximum atomic E-state index is 12.2. The van der Waals surface area contributed by atoms with Crippen LogP contribution in [0.15, 0.2) is 36.4 Å². The predicted molar refractivity (Wildman–Crippen MR) is 85.4 cm³/mol. The third-order valence-corrected chi connectivity index (χ3v) is 3.79. The van der Waals surface area contributed by atoms with E-state index in [1.165, 1.54) is 18.2 Å². The smallest absolute Gasteiger partial charge is 0.423 e. The molecule has 0 aliphatic heterocycles. The van der Waals surface area contributed by atoms with Gasteiger partial charge in [0, 0.05) is 26.8 Å². The van der Waals surface area contributed by atoms with Gasteiger partial charge in [-0.05, 0) is 36.8 Å². The van der Waals surface area contributed by atoms with Crippen molar-refractivity contribution in [2.24, 2.45) is 0 Å². The molecule has 1 amide bonds. The first kappa shape index (κ1) is 15.9. The Morgan fingerprint density at radius 3 is 2.48 bits per heavy atom. The minimum atomic E-state index is -1.68. The molecule has 0 saturated carbocycles. The number of carbonyl (C=O) groups excluding carboxylic acids is 1. The van der Waals surface area contributed by atoms with Crippen LogP contribution in [0, 0.1) is 6.92 Å². The molecule has 0 atom stereocenters.